The van der Waals surface area contributed by atoms with E-state index in [1.165, 1.54) is 35.6 Å². The molecule has 1 heterocycles. The van der Waals surface area contributed by atoms with Crippen LogP contribution in [0.4, 0.5) is 5.69 Å². The van der Waals surface area contributed by atoms with Crippen LogP contribution in [-0.4, -0.2) is 21.7 Å². The lowest BCUT2D eigenvalue weighted by Crippen LogP contribution is -1.97. The first kappa shape index (κ1) is 19.8. The van der Waals surface area contributed by atoms with E-state index in [2.05, 4.69) is 0 Å². The SMILES string of the molecule is O=C(/C=C/c1ccc(-c2ccc([N+](=O)[O-])cc2)s1)c1ccc(O)c(CCCl)c1. The standard InChI is InChI=1S/C21H16ClNO4S/c22-12-11-16-13-15(3-8-19(16)24)20(25)9-6-18-7-10-21(28-18)14-1-4-17(5-2-14)23(26)27/h1-10,13,24H,11-12H2/b9-6+. The summed E-state index contributed by atoms with van der Waals surface area (Å²) in [5.41, 5.74) is 2.06. The van der Waals surface area contributed by atoms with Gasteiger partial charge in [-0.3, -0.25) is 14.9 Å². The molecule has 0 unspecified atom stereocenters. The zero-order valence-corrected chi connectivity index (χ0v) is 16.2. The van der Waals surface area contributed by atoms with E-state index in [0.29, 0.717) is 23.4 Å². The summed E-state index contributed by atoms with van der Waals surface area (Å²) in [6.45, 7) is 0. The number of aryl methyl sites for hydroxylation is 1. The van der Waals surface area contributed by atoms with Gasteiger partial charge in [-0.2, -0.15) is 0 Å². The summed E-state index contributed by atoms with van der Waals surface area (Å²) < 4.78 is 0. The quantitative estimate of drug-likeness (QED) is 0.177. The molecule has 0 amide bonds. The summed E-state index contributed by atoms with van der Waals surface area (Å²) in [6.07, 6.45) is 3.71. The van der Waals surface area contributed by atoms with E-state index < -0.39 is 4.92 Å². The number of allylic oxidation sites excluding steroid dienone is 1. The number of benzene rings is 2. The zero-order valence-electron chi connectivity index (χ0n) is 14.7. The van der Waals surface area contributed by atoms with Gasteiger partial charge in [-0.1, -0.05) is 0 Å². The number of non-ortho nitro benzene ring substituents is 1. The fourth-order valence-electron chi connectivity index (χ4n) is 2.64. The molecular weight excluding hydrogens is 398 g/mol. The third-order valence-electron chi connectivity index (χ3n) is 4.12. The summed E-state index contributed by atoms with van der Waals surface area (Å²) in [6, 6.07) is 14.9. The maximum atomic E-state index is 12.4. The summed E-state index contributed by atoms with van der Waals surface area (Å²) >= 11 is 7.20. The van der Waals surface area contributed by atoms with Crippen LogP contribution in [0.3, 0.4) is 0 Å². The van der Waals surface area contributed by atoms with Gasteiger partial charge < -0.3 is 5.11 Å². The Balaban J connectivity index is 1.74. The normalized spacial score (nSPS) is 11.0. The van der Waals surface area contributed by atoms with Crippen molar-refractivity contribution in [2.45, 2.75) is 6.42 Å². The van der Waals surface area contributed by atoms with E-state index in [9.17, 15) is 20.0 Å². The minimum Gasteiger partial charge on any atom is -0.508 e. The average Bonchev–Trinajstić information content (AvgIpc) is 3.17. The van der Waals surface area contributed by atoms with Crippen molar-refractivity contribution in [2.24, 2.45) is 0 Å². The van der Waals surface area contributed by atoms with Gasteiger partial charge in [0.2, 0.25) is 0 Å². The van der Waals surface area contributed by atoms with Gasteiger partial charge in [-0.15, -0.1) is 22.9 Å². The van der Waals surface area contributed by atoms with Crippen molar-refractivity contribution in [2.75, 3.05) is 5.88 Å². The van der Waals surface area contributed by atoms with E-state index >= 15 is 0 Å². The number of phenols is 1. The average molecular weight is 414 g/mol. The van der Waals surface area contributed by atoms with Crippen LogP contribution >= 0.6 is 22.9 Å². The lowest BCUT2D eigenvalue weighted by Gasteiger charge is -2.04. The number of hydrogen-bond acceptors (Lipinski definition) is 5. The number of nitro groups is 1. The van der Waals surface area contributed by atoms with Crippen LogP contribution in [0.2, 0.25) is 0 Å². The van der Waals surface area contributed by atoms with Crippen LogP contribution in [0.1, 0.15) is 20.8 Å². The Kier molecular flexibility index (Phi) is 6.23. The topological polar surface area (TPSA) is 80.4 Å². The fourth-order valence-corrected chi connectivity index (χ4v) is 3.76. The third kappa shape index (κ3) is 4.65. The number of halogens is 1. The Morgan fingerprint density at radius 2 is 1.89 bits per heavy atom. The van der Waals surface area contributed by atoms with Gasteiger partial charge in [0.25, 0.3) is 5.69 Å². The number of phenolic OH excluding ortho intramolecular Hbond substituents is 1. The molecule has 0 aliphatic carbocycles. The lowest BCUT2D eigenvalue weighted by molar-refractivity contribution is -0.384. The molecule has 0 radical (unpaired) electrons. The number of thiophene rings is 1. The second-order valence-corrected chi connectivity index (χ2v) is 7.48. The first-order valence-electron chi connectivity index (χ1n) is 8.43. The molecule has 5 nitrogen and oxygen atoms in total. The highest BCUT2D eigenvalue weighted by Crippen LogP contribution is 2.30. The van der Waals surface area contributed by atoms with Gasteiger partial charge in [-0.25, -0.2) is 0 Å². The Labute approximate surface area is 170 Å². The van der Waals surface area contributed by atoms with Crippen LogP contribution < -0.4 is 0 Å². The molecule has 2 aromatic carbocycles. The number of carbonyl (C=O) groups excluding carboxylic acids is 1. The van der Waals surface area contributed by atoms with E-state index in [1.807, 2.05) is 12.1 Å². The van der Waals surface area contributed by atoms with Crippen molar-refractivity contribution >= 4 is 40.5 Å². The smallest absolute Gasteiger partial charge is 0.269 e. The lowest BCUT2D eigenvalue weighted by atomic mass is 10.0. The minimum atomic E-state index is -0.431. The zero-order chi connectivity index (χ0) is 20.1. The number of ketones is 1. The Bertz CT molecular complexity index is 1040. The summed E-state index contributed by atoms with van der Waals surface area (Å²) in [7, 11) is 0. The molecule has 0 atom stereocenters. The van der Waals surface area contributed by atoms with Crippen molar-refractivity contribution in [1.82, 2.24) is 0 Å². The summed E-state index contributed by atoms with van der Waals surface area (Å²) in [4.78, 5) is 24.6. The van der Waals surface area contributed by atoms with Gasteiger partial charge in [0.15, 0.2) is 5.78 Å². The van der Waals surface area contributed by atoms with Crippen molar-refractivity contribution in [3.63, 3.8) is 0 Å². The van der Waals surface area contributed by atoms with Crippen molar-refractivity contribution < 1.29 is 14.8 Å². The molecule has 0 fully saturated rings. The predicted molar refractivity (Wildman–Crippen MR) is 112 cm³/mol. The molecule has 0 saturated carbocycles. The molecule has 142 valence electrons. The van der Waals surface area contributed by atoms with Crippen LogP contribution in [0.25, 0.3) is 16.5 Å². The number of carbonyl (C=O) groups is 1. The molecule has 3 aromatic rings. The van der Waals surface area contributed by atoms with Crippen molar-refractivity contribution in [1.29, 1.82) is 0 Å². The monoisotopic (exact) mass is 413 g/mol. The Hall–Kier alpha value is -2.96. The molecule has 28 heavy (non-hydrogen) atoms. The minimum absolute atomic E-state index is 0.0495. The van der Waals surface area contributed by atoms with Crippen LogP contribution in [0.15, 0.2) is 60.7 Å². The highest BCUT2D eigenvalue weighted by Gasteiger charge is 2.09. The maximum Gasteiger partial charge on any atom is 0.269 e. The van der Waals surface area contributed by atoms with E-state index in [1.54, 1.807) is 30.3 Å². The molecule has 0 aliphatic rings. The molecule has 1 N–H and O–H groups in total. The molecule has 7 heteroatoms. The molecule has 0 spiro atoms. The molecular formula is C21H16ClNO4S. The van der Waals surface area contributed by atoms with Crippen LogP contribution in [0, 0.1) is 10.1 Å². The molecule has 1 aromatic heterocycles. The Morgan fingerprint density at radius 3 is 2.57 bits per heavy atom. The van der Waals surface area contributed by atoms with Gasteiger partial charge in [0.1, 0.15) is 5.75 Å². The maximum absolute atomic E-state index is 12.4. The first-order valence-corrected chi connectivity index (χ1v) is 9.78. The van der Waals surface area contributed by atoms with Crippen molar-refractivity contribution in [3.05, 3.63) is 86.8 Å². The second kappa shape index (κ2) is 8.82. The molecule has 3 rings (SSSR count). The molecule has 0 aliphatic heterocycles. The number of nitrogens with zero attached hydrogens (tertiary/aromatic N) is 1. The highest BCUT2D eigenvalue weighted by molar-refractivity contribution is 7.16. The second-order valence-electron chi connectivity index (χ2n) is 5.99. The van der Waals surface area contributed by atoms with Gasteiger partial charge in [0.05, 0.1) is 4.92 Å². The predicted octanol–water partition coefficient (Wildman–Crippen LogP) is 5.71. The van der Waals surface area contributed by atoms with Gasteiger partial charge >= 0.3 is 0 Å². The van der Waals surface area contributed by atoms with Gasteiger partial charge in [-0.05, 0) is 72.2 Å². The number of rotatable bonds is 7. The van der Waals surface area contributed by atoms with Gasteiger partial charge in [0, 0.05) is 33.3 Å². The van der Waals surface area contributed by atoms with E-state index in [-0.39, 0.29) is 17.2 Å². The third-order valence-corrected chi connectivity index (χ3v) is 5.40. The molecule has 0 saturated heterocycles. The largest absolute Gasteiger partial charge is 0.508 e. The number of nitro benzene ring substituents is 1. The number of alkyl halides is 1. The summed E-state index contributed by atoms with van der Waals surface area (Å²) in [5, 5.41) is 20.5. The van der Waals surface area contributed by atoms with Crippen LogP contribution in [0.5, 0.6) is 5.75 Å². The Morgan fingerprint density at radius 1 is 1.14 bits per heavy atom. The van der Waals surface area contributed by atoms with Crippen molar-refractivity contribution in [3.8, 4) is 16.2 Å². The summed E-state index contributed by atoms with van der Waals surface area (Å²) in [5.74, 6) is 0.329. The van der Waals surface area contributed by atoms with Crippen LogP contribution in [-0.2, 0) is 6.42 Å². The van der Waals surface area contributed by atoms with E-state index in [0.717, 1.165) is 15.3 Å². The van der Waals surface area contributed by atoms with E-state index in [4.69, 9.17) is 11.6 Å². The fraction of sp³-hybridized carbons (Fsp3) is 0.0952. The molecule has 0 bridgehead atoms. The number of aromatic hydroxyl groups is 1. The number of hydrogen-bond donors (Lipinski definition) is 1. The first-order chi connectivity index (χ1) is 13.5. The highest BCUT2D eigenvalue weighted by atomic mass is 35.5.